The normalized spacial score (nSPS) is 24.4. The quantitative estimate of drug-likeness (QED) is 0.899. The molecule has 0 unspecified atom stereocenters. The lowest BCUT2D eigenvalue weighted by Crippen LogP contribution is -2.40. The smallest absolute Gasteiger partial charge is 0.308 e. The Morgan fingerprint density at radius 2 is 2.20 bits per heavy atom. The van der Waals surface area contributed by atoms with Crippen molar-refractivity contribution < 1.29 is 19.4 Å². The molecule has 1 fully saturated rings. The van der Waals surface area contributed by atoms with E-state index in [0.717, 1.165) is 5.56 Å². The van der Waals surface area contributed by atoms with Gasteiger partial charge in [-0.15, -0.1) is 0 Å². The molecular weight excluding hydrogens is 282 g/mol. The minimum Gasteiger partial charge on any atom is -0.481 e. The Hall–Kier alpha value is -1.75. The molecule has 2 atom stereocenters. The lowest BCUT2D eigenvalue weighted by Gasteiger charge is -2.19. The highest BCUT2D eigenvalue weighted by atomic mass is 35.5. The predicted molar refractivity (Wildman–Crippen MR) is 71.9 cm³/mol. The number of amides is 1. The van der Waals surface area contributed by atoms with Crippen LogP contribution >= 0.6 is 11.6 Å². The zero-order valence-corrected chi connectivity index (χ0v) is 11.5. The van der Waals surface area contributed by atoms with Crippen LogP contribution in [-0.2, 0) is 16.0 Å². The molecule has 5 nitrogen and oxygen atoms in total. The van der Waals surface area contributed by atoms with Crippen molar-refractivity contribution in [2.24, 2.45) is 5.92 Å². The summed E-state index contributed by atoms with van der Waals surface area (Å²) in [5.74, 6) is -0.761. The first kappa shape index (κ1) is 13.2. The molecule has 6 heteroatoms. The maximum absolute atomic E-state index is 12.3. The summed E-state index contributed by atoms with van der Waals surface area (Å²) >= 11 is 5.92. The van der Waals surface area contributed by atoms with Gasteiger partial charge in [0.1, 0.15) is 5.75 Å². The molecule has 106 valence electrons. The van der Waals surface area contributed by atoms with Crippen LogP contribution in [0.2, 0.25) is 5.02 Å². The summed E-state index contributed by atoms with van der Waals surface area (Å²) in [5.41, 5.74) is 0.921. The standard InChI is InChI=1S/C14H14ClNO4/c15-10-1-2-11-9(5-10)6-12(20-11)13(17)16-4-3-8(7-16)14(18)19/h1-2,5,8,12H,3-4,6-7H2,(H,18,19)/t8-,12-/m0/s1. The number of nitrogens with zero attached hydrogens (tertiary/aromatic N) is 1. The molecule has 0 aliphatic carbocycles. The molecule has 2 aliphatic heterocycles. The Morgan fingerprint density at radius 3 is 2.90 bits per heavy atom. The largest absolute Gasteiger partial charge is 0.481 e. The van der Waals surface area contributed by atoms with E-state index in [4.69, 9.17) is 21.4 Å². The van der Waals surface area contributed by atoms with Gasteiger partial charge in [-0.05, 0) is 30.2 Å². The van der Waals surface area contributed by atoms with Gasteiger partial charge in [-0.3, -0.25) is 9.59 Å². The first-order valence-electron chi connectivity index (χ1n) is 6.51. The third-order valence-electron chi connectivity index (χ3n) is 3.82. The fraction of sp³-hybridized carbons (Fsp3) is 0.429. The maximum Gasteiger partial charge on any atom is 0.308 e. The first-order chi connectivity index (χ1) is 9.54. The first-order valence-corrected chi connectivity index (χ1v) is 6.89. The molecule has 1 aromatic carbocycles. The number of hydrogen-bond donors (Lipinski definition) is 1. The fourth-order valence-electron chi connectivity index (χ4n) is 2.72. The Balaban J connectivity index is 1.67. The van der Waals surface area contributed by atoms with Gasteiger partial charge < -0.3 is 14.7 Å². The fourth-order valence-corrected chi connectivity index (χ4v) is 2.92. The van der Waals surface area contributed by atoms with Gasteiger partial charge in [0.05, 0.1) is 5.92 Å². The van der Waals surface area contributed by atoms with Gasteiger partial charge in [0.2, 0.25) is 0 Å². The number of hydrogen-bond acceptors (Lipinski definition) is 3. The third kappa shape index (κ3) is 2.33. The van der Waals surface area contributed by atoms with Crippen molar-refractivity contribution in [3.63, 3.8) is 0 Å². The lowest BCUT2D eigenvalue weighted by atomic mass is 10.1. The van der Waals surface area contributed by atoms with E-state index < -0.39 is 18.0 Å². The second kappa shape index (κ2) is 4.98. The molecule has 2 aliphatic rings. The Morgan fingerprint density at radius 1 is 1.40 bits per heavy atom. The van der Waals surface area contributed by atoms with E-state index in [0.29, 0.717) is 30.2 Å². The highest BCUT2D eigenvalue weighted by Gasteiger charge is 2.37. The summed E-state index contributed by atoms with van der Waals surface area (Å²) in [6.07, 6.45) is 0.436. The van der Waals surface area contributed by atoms with Gasteiger partial charge in [0.25, 0.3) is 5.91 Å². The highest BCUT2D eigenvalue weighted by Crippen LogP contribution is 2.32. The molecule has 0 saturated carbocycles. The summed E-state index contributed by atoms with van der Waals surface area (Å²) in [5, 5.41) is 9.58. The van der Waals surface area contributed by atoms with E-state index in [1.807, 2.05) is 0 Å². The van der Waals surface area contributed by atoms with Gasteiger partial charge in [-0.2, -0.15) is 0 Å². The van der Waals surface area contributed by atoms with E-state index in [-0.39, 0.29) is 12.5 Å². The zero-order valence-electron chi connectivity index (χ0n) is 10.7. The highest BCUT2D eigenvalue weighted by molar-refractivity contribution is 6.30. The average molecular weight is 296 g/mol. The average Bonchev–Trinajstić information content (AvgIpc) is 3.03. The number of likely N-dealkylation sites (tertiary alicyclic amines) is 1. The molecule has 20 heavy (non-hydrogen) atoms. The molecule has 0 spiro atoms. The number of halogens is 1. The van der Waals surface area contributed by atoms with Gasteiger partial charge in [-0.25, -0.2) is 0 Å². The van der Waals surface area contributed by atoms with Crippen molar-refractivity contribution in [1.82, 2.24) is 4.90 Å². The number of rotatable bonds is 2. The topological polar surface area (TPSA) is 66.8 Å². The van der Waals surface area contributed by atoms with Crippen molar-refractivity contribution in [1.29, 1.82) is 0 Å². The number of carboxylic acid groups (broad SMARTS) is 1. The number of carbonyl (C=O) groups is 2. The minimum atomic E-state index is -0.845. The number of fused-ring (bicyclic) bond motifs is 1. The predicted octanol–water partition coefficient (Wildman–Crippen LogP) is 1.58. The van der Waals surface area contributed by atoms with E-state index in [9.17, 15) is 9.59 Å². The van der Waals surface area contributed by atoms with Crippen LogP contribution in [0, 0.1) is 5.92 Å². The van der Waals surface area contributed by atoms with Crippen molar-refractivity contribution >= 4 is 23.5 Å². The molecule has 1 amide bonds. The van der Waals surface area contributed by atoms with Crippen LogP contribution in [0.25, 0.3) is 0 Å². The Kier molecular flexibility index (Phi) is 3.30. The monoisotopic (exact) mass is 295 g/mol. The summed E-state index contributed by atoms with van der Waals surface area (Å²) in [6.45, 7) is 0.748. The van der Waals surface area contributed by atoms with Crippen LogP contribution in [0.5, 0.6) is 5.75 Å². The molecule has 0 bridgehead atoms. The Labute approximate surface area is 121 Å². The maximum atomic E-state index is 12.3. The van der Waals surface area contributed by atoms with Crippen molar-refractivity contribution in [2.45, 2.75) is 18.9 Å². The number of ether oxygens (including phenoxy) is 1. The van der Waals surface area contributed by atoms with Gasteiger partial charge >= 0.3 is 5.97 Å². The second-order valence-corrected chi connectivity index (χ2v) is 5.61. The second-order valence-electron chi connectivity index (χ2n) is 5.17. The van der Waals surface area contributed by atoms with Gasteiger partial charge in [-0.1, -0.05) is 11.6 Å². The van der Waals surface area contributed by atoms with E-state index in [2.05, 4.69) is 0 Å². The van der Waals surface area contributed by atoms with Crippen LogP contribution in [0.3, 0.4) is 0 Å². The molecule has 1 aromatic rings. The Bertz CT molecular complexity index is 574. The van der Waals surface area contributed by atoms with E-state index in [1.165, 1.54) is 0 Å². The summed E-state index contributed by atoms with van der Waals surface area (Å²) in [4.78, 5) is 24.8. The number of carboxylic acids is 1. The van der Waals surface area contributed by atoms with Crippen molar-refractivity contribution in [3.8, 4) is 5.75 Å². The summed E-state index contributed by atoms with van der Waals surface area (Å²) < 4.78 is 5.63. The van der Waals surface area contributed by atoms with Crippen molar-refractivity contribution in [3.05, 3.63) is 28.8 Å². The van der Waals surface area contributed by atoms with Crippen LogP contribution in [0.4, 0.5) is 0 Å². The van der Waals surface area contributed by atoms with Crippen LogP contribution in [-0.4, -0.2) is 41.1 Å². The number of aliphatic carboxylic acids is 1. The van der Waals surface area contributed by atoms with E-state index >= 15 is 0 Å². The number of carbonyl (C=O) groups excluding carboxylic acids is 1. The van der Waals surface area contributed by atoms with Crippen molar-refractivity contribution in [2.75, 3.05) is 13.1 Å². The van der Waals surface area contributed by atoms with Gasteiger partial charge in [0, 0.05) is 24.5 Å². The molecule has 1 N–H and O–H groups in total. The molecule has 1 saturated heterocycles. The minimum absolute atomic E-state index is 0.138. The molecular formula is C14H14ClNO4. The molecule has 3 rings (SSSR count). The third-order valence-corrected chi connectivity index (χ3v) is 4.06. The van der Waals surface area contributed by atoms with Crippen LogP contribution in [0.1, 0.15) is 12.0 Å². The van der Waals surface area contributed by atoms with Crippen LogP contribution in [0.15, 0.2) is 18.2 Å². The molecule has 2 heterocycles. The molecule has 0 radical (unpaired) electrons. The lowest BCUT2D eigenvalue weighted by molar-refractivity contribution is -0.142. The summed E-state index contributed by atoms with van der Waals surface area (Å²) in [7, 11) is 0. The zero-order chi connectivity index (χ0) is 14.3. The van der Waals surface area contributed by atoms with Gasteiger partial charge in [0.15, 0.2) is 6.10 Å². The summed E-state index contributed by atoms with van der Waals surface area (Å²) in [6, 6.07) is 5.28. The van der Waals surface area contributed by atoms with Crippen LogP contribution < -0.4 is 4.74 Å². The van der Waals surface area contributed by atoms with E-state index in [1.54, 1.807) is 23.1 Å². The number of benzene rings is 1. The SMILES string of the molecule is O=C(O)[C@H]1CCN(C(=O)[C@@H]2Cc3cc(Cl)ccc3O2)C1. The molecule has 0 aromatic heterocycles.